The normalized spacial score (nSPS) is 16.8. The van der Waals surface area contributed by atoms with Crippen LogP contribution in [-0.2, 0) is 9.59 Å². The van der Waals surface area contributed by atoms with Crippen molar-refractivity contribution in [1.82, 2.24) is 10.6 Å². The number of rotatable bonds is 2. The second-order valence-electron chi connectivity index (χ2n) is 3.58. The fraction of sp³-hybridized carbons (Fsp3) is 0.0909. The van der Waals surface area contributed by atoms with E-state index in [-0.39, 0.29) is 5.75 Å². The molecule has 1 aromatic rings. The van der Waals surface area contributed by atoms with Crippen LogP contribution in [0.4, 0.5) is 10.5 Å². The number of aromatic hydroxyl groups is 1. The van der Waals surface area contributed by atoms with Crippen molar-refractivity contribution in [3.05, 3.63) is 24.3 Å². The second kappa shape index (κ2) is 4.66. The average molecular weight is 247 g/mol. The van der Waals surface area contributed by atoms with Crippen molar-refractivity contribution in [2.24, 2.45) is 10.9 Å². The summed E-state index contributed by atoms with van der Waals surface area (Å²) >= 11 is 0. The Hall–Kier alpha value is -2.70. The predicted octanol–water partition coefficient (Wildman–Crippen LogP) is 0.0767. The molecular weight excluding hydrogens is 238 g/mol. The first-order valence-corrected chi connectivity index (χ1v) is 5.05. The van der Waals surface area contributed by atoms with Gasteiger partial charge in [0.05, 0.1) is 5.69 Å². The van der Waals surface area contributed by atoms with Crippen LogP contribution >= 0.6 is 0 Å². The third kappa shape index (κ3) is 2.51. The van der Waals surface area contributed by atoms with Gasteiger partial charge in [-0.05, 0) is 24.3 Å². The molecule has 0 aromatic heterocycles. The maximum Gasteiger partial charge on any atom is 0.328 e. The van der Waals surface area contributed by atoms with Crippen molar-refractivity contribution in [3.63, 3.8) is 0 Å². The first-order valence-electron chi connectivity index (χ1n) is 5.05. The van der Waals surface area contributed by atoms with Crippen LogP contribution in [0.15, 0.2) is 29.3 Å². The van der Waals surface area contributed by atoms with Gasteiger partial charge in [0.2, 0.25) is 11.8 Å². The van der Waals surface area contributed by atoms with Gasteiger partial charge in [-0.2, -0.15) is 0 Å². The number of phenols is 1. The molecule has 0 aliphatic carbocycles. The smallest absolute Gasteiger partial charge is 0.328 e. The molecule has 0 unspecified atom stereocenters. The van der Waals surface area contributed by atoms with E-state index in [0.717, 1.165) is 6.21 Å². The van der Waals surface area contributed by atoms with E-state index in [9.17, 15) is 14.4 Å². The molecule has 3 N–H and O–H groups in total. The molecule has 1 aromatic carbocycles. The maximum absolute atomic E-state index is 11.4. The average Bonchev–Trinajstić information content (AvgIpc) is 2.30. The zero-order valence-corrected chi connectivity index (χ0v) is 9.08. The minimum Gasteiger partial charge on any atom is -0.508 e. The number of barbiturate groups is 1. The first kappa shape index (κ1) is 11.8. The molecule has 1 heterocycles. The summed E-state index contributed by atoms with van der Waals surface area (Å²) in [6.45, 7) is 0. The highest BCUT2D eigenvalue weighted by Crippen LogP contribution is 2.16. The molecule has 7 nitrogen and oxygen atoms in total. The summed E-state index contributed by atoms with van der Waals surface area (Å²) in [7, 11) is 0. The number of amides is 4. The second-order valence-corrected chi connectivity index (χ2v) is 3.58. The van der Waals surface area contributed by atoms with Gasteiger partial charge in [-0.3, -0.25) is 25.2 Å². The van der Waals surface area contributed by atoms with Gasteiger partial charge >= 0.3 is 6.03 Å². The fourth-order valence-corrected chi connectivity index (χ4v) is 1.36. The first-order chi connectivity index (χ1) is 8.56. The number of carbonyl (C=O) groups excluding carboxylic acids is 3. The molecule has 0 bridgehead atoms. The summed E-state index contributed by atoms with van der Waals surface area (Å²) in [5.74, 6) is -2.48. The third-order valence-corrected chi connectivity index (χ3v) is 2.26. The molecule has 0 atom stereocenters. The van der Waals surface area contributed by atoms with Gasteiger partial charge < -0.3 is 5.11 Å². The van der Waals surface area contributed by atoms with Crippen LogP contribution in [0.2, 0.25) is 0 Å². The number of nitrogens with zero attached hydrogens (tertiary/aromatic N) is 1. The lowest BCUT2D eigenvalue weighted by atomic mass is 10.1. The van der Waals surface area contributed by atoms with E-state index in [1.54, 1.807) is 0 Å². The Kier molecular flexibility index (Phi) is 3.05. The molecule has 1 aliphatic rings. The van der Waals surface area contributed by atoms with E-state index in [1.807, 2.05) is 10.6 Å². The Balaban J connectivity index is 2.13. The molecular formula is C11H9N3O4. The molecule has 0 saturated carbocycles. The van der Waals surface area contributed by atoms with Crippen molar-refractivity contribution in [2.75, 3.05) is 0 Å². The van der Waals surface area contributed by atoms with E-state index >= 15 is 0 Å². The number of carbonyl (C=O) groups is 3. The lowest BCUT2D eigenvalue weighted by Gasteiger charge is -2.16. The van der Waals surface area contributed by atoms with E-state index in [0.29, 0.717) is 5.69 Å². The van der Waals surface area contributed by atoms with Crippen molar-refractivity contribution in [3.8, 4) is 5.75 Å². The summed E-state index contributed by atoms with van der Waals surface area (Å²) in [6.07, 6.45) is 1.14. The van der Waals surface area contributed by atoms with Crippen LogP contribution < -0.4 is 10.6 Å². The largest absolute Gasteiger partial charge is 0.508 e. The van der Waals surface area contributed by atoms with Gasteiger partial charge in [0.25, 0.3) is 0 Å². The molecule has 18 heavy (non-hydrogen) atoms. The lowest BCUT2D eigenvalue weighted by molar-refractivity contribution is -0.132. The molecule has 92 valence electrons. The fourth-order valence-electron chi connectivity index (χ4n) is 1.36. The molecule has 0 radical (unpaired) electrons. The SMILES string of the molecule is O=C1NC(=O)C(C=Nc2ccc(O)cc2)C(=O)N1. The van der Waals surface area contributed by atoms with Gasteiger partial charge in [-0.15, -0.1) is 0 Å². The highest BCUT2D eigenvalue weighted by atomic mass is 16.3. The van der Waals surface area contributed by atoms with Crippen LogP contribution in [0.1, 0.15) is 0 Å². The number of phenolic OH excluding ortho intramolecular Hbond substituents is 1. The van der Waals surface area contributed by atoms with Gasteiger partial charge in [0.15, 0.2) is 5.92 Å². The topological polar surface area (TPSA) is 108 Å². The van der Waals surface area contributed by atoms with Crippen molar-refractivity contribution in [2.45, 2.75) is 0 Å². The number of benzene rings is 1. The molecule has 2 rings (SSSR count). The summed E-state index contributed by atoms with van der Waals surface area (Å²) in [5, 5.41) is 13.0. The Labute approximate surface area is 102 Å². The minimum absolute atomic E-state index is 0.0905. The number of nitrogens with one attached hydrogen (secondary N) is 2. The number of urea groups is 1. The van der Waals surface area contributed by atoms with E-state index in [1.165, 1.54) is 24.3 Å². The molecule has 4 amide bonds. The van der Waals surface area contributed by atoms with Crippen LogP contribution in [-0.4, -0.2) is 29.2 Å². The highest BCUT2D eigenvalue weighted by Gasteiger charge is 2.32. The zero-order valence-electron chi connectivity index (χ0n) is 9.08. The quantitative estimate of drug-likeness (QED) is 0.508. The van der Waals surface area contributed by atoms with Crippen LogP contribution in [0.25, 0.3) is 0 Å². The van der Waals surface area contributed by atoms with Crippen LogP contribution in [0.5, 0.6) is 5.75 Å². The third-order valence-electron chi connectivity index (χ3n) is 2.26. The van der Waals surface area contributed by atoms with Gasteiger partial charge in [-0.1, -0.05) is 0 Å². The van der Waals surface area contributed by atoms with E-state index in [2.05, 4.69) is 4.99 Å². The number of aliphatic imine (C=N–C) groups is 1. The Morgan fingerprint density at radius 3 is 2.17 bits per heavy atom. The van der Waals surface area contributed by atoms with Crippen LogP contribution in [0.3, 0.4) is 0 Å². The number of imide groups is 2. The standard InChI is InChI=1S/C11H9N3O4/c15-7-3-1-6(2-4-7)12-5-8-9(16)13-11(18)14-10(8)17/h1-5,8,15H,(H2,13,14,16,17,18). The predicted molar refractivity (Wildman–Crippen MR) is 61.4 cm³/mol. The lowest BCUT2D eigenvalue weighted by Crippen LogP contribution is -2.56. The molecule has 7 heteroatoms. The monoisotopic (exact) mass is 247 g/mol. The minimum atomic E-state index is -1.14. The van der Waals surface area contributed by atoms with Gasteiger partial charge in [-0.25, -0.2) is 4.79 Å². The highest BCUT2D eigenvalue weighted by molar-refractivity contribution is 6.23. The van der Waals surface area contributed by atoms with Crippen molar-refractivity contribution >= 4 is 29.7 Å². The molecule has 0 spiro atoms. The Morgan fingerprint density at radius 1 is 1.06 bits per heavy atom. The van der Waals surface area contributed by atoms with Gasteiger partial charge in [0.1, 0.15) is 5.75 Å². The Bertz CT molecular complexity index is 516. The van der Waals surface area contributed by atoms with Crippen LogP contribution in [0, 0.1) is 5.92 Å². The summed E-state index contributed by atoms with van der Waals surface area (Å²) < 4.78 is 0. The van der Waals surface area contributed by atoms with E-state index < -0.39 is 23.8 Å². The summed E-state index contributed by atoms with van der Waals surface area (Å²) in [6, 6.07) is 5.07. The number of hydrogen-bond acceptors (Lipinski definition) is 5. The van der Waals surface area contributed by atoms with Crippen molar-refractivity contribution in [1.29, 1.82) is 0 Å². The molecule has 1 saturated heterocycles. The molecule has 1 aliphatic heterocycles. The van der Waals surface area contributed by atoms with Crippen molar-refractivity contribution < 1.29 is 19.5 Å². The zero-order chi connectivity index (χ0) is 13.1. The summed E-state index contributed by atoms with van der Waals surface area (Å²) in [5.41, 5.74) is 0.477. The Morgan fingerprint density at radius 2 is 1.61 bits per heavy atom. The summed E-state index contributed by atoms with van der Waals surface area (Å²) in [4.78, 5) is 37.5. The molecule has 1 fully saturated rings. The van der Waals surface area contributed by atoms with E-state index in [4.69, 9.17) is 5.11 Å². The maximum atomic E-state index is 11.4. The number of hydrogen-bond donors (Lipinski definition) is 3. The van der Waals surface area contributed by atoms with Gasteiger partial charge in [0, 0.05) is 6.21 Å².